The van der Waals surface area contributed by atoms with Crippen LogP contribution in [0, 0.1) is 0 Å². The molecule has 0 aliphatic heterocycles. The van der Waals surface area contributed by atoms with Crippen molar-refractivity contribution >= 4 is 17.2 Å². The zero-order valence-corrected chi connectivity index (χ0v) is 13.7. The summed E-state index contributed by atoms with van der Waals surface area (Å²) in [7, 11) is 0. The summed E-state index contributed by atoms with van der Waals surface area (Å²) in [5, 5.41) is 3.36. The molecular weight excluding hydrogens is 331 g/mol. The van der Waals surface area contributed by atoms with Gasteiger partial charge in [0.15, 0.2) is 0 Å². The predicted octanol–water partition coefficient (Wildman–Crippen LogP) is 3.96. The second kappa shape index (κ2) is 6.69. The molecule has 1 amide bonds. The lowest BCUT2D eigenvalue weighted by Crippen LogP contribution is -2.35. The molecular formula is C14H16F3N3O2S. The molecule has 0 saturated heterocycles. The van der Waals surface area contributed by atoms with Crippen molar-refractivity contribution in [1.82, 2.24) is 15.0 Å². The summed E-state index contributed by atoms with van der Waals surface area (Å²) in [6.45, 7) is 6.02. The first-order chi connectivity index (χ1) is 10.7. The second-order valence-corrected chi connectivity index (χ2v) is 6.32. The molecule has 0 aliphatic carbocycles. The van der Waals surface area contributed by atoms with Gasteiger partial charge in [0.25, 0.3) is 0 Å². The number of alkyl halides is 3. The molecule has 9 heteroatoms. The van der Waals surface area contributed by atoms with Crippen molar-refractivity contribution in [3.05, 3.63) is 22.9 Å². The van der Waals surface area contributed by atoms with Gasteiger partial charge in [-0.25, -0.2) is 0 Å². The first kappa shape index (κ1) is 17.5. The quantitative estimate of drug-likeness (QED) is 0.821. The van der Waals surface area contributed by atoms with E-state index < -0.39 is 12.1 Å². The first-order valence-corrected chi connectivity index (χ1v) is 7.83. The van der Waals surface area contributed by atoms with E-state index in [9.17, 15) is 18.0 Å². The van der Waals surface area contributed by atoms with Crippen LogP contribution in [0.15, 0.2) is 16.7 Å². The van der Waals surface area contributed by atoms with E-state index in [4.69, 9.17) is 0 Å². The van der Waals surface area contributed by atoms with Gasteiger partial charge in [-0.05, 0) is 26.0 Å². The summed E-state index contributed by atoms with van der Waals surface area (Å²) in [6.07, 6.45) is -4.26. The highest BCUT2D eigenvalue weighted by molar-refractivity contribution is 7.15. The maximum absolute atomic E-state index is 12.5. The lowest BCUT2D eigenvalue weighted by Gasteiger charge is -2.25. The van der Waals surface area contributed by atoms with E-state index in [0.717, 1.165) is 4.88 Å². The van der Waals surface area contributed by atoms with E-state index in [-0.39, 0.29) is 17.8 Å². The number of aromatic nitrogens is 2. The summed E-state index contributed by atoms with van der Waals surface area (Å²) >= 11 is 1.24. The normalized spacial score (nSPS) is 12.0. The highest BCUT2D eigenvalue weighted by atomic mass is 32.1. The summed E-state index contributed by atoms with van der Waals surface area (Å²) in [5.74, 6) is -1.45. The third-order valence-corrected chi connectivity index (χ3v) is 4.19. The molecule has 2 heterocycles. The van der Waals surface area contributed by atoms with Crippen LogP contribution in [0.2, 0.25) is 0 Å². The number of rotatable bonds is 5. The molecule has 0 spiro atoms. The Balaban J connectivity index is 2.17. The van der Waals surface area contributed by atoms with Crippen molar-refractivity contribution in [2.24, 2.45) is 0 Å². The molecule has 0 bridgehead atoms. The van der Waals surface area contributed by atoms with Crippen LogP contribution in [-0.4, -0.2) is 27.0 Å². The Labute approximate surface area is 135 Å². The van der Waals surface area contributed by atoms with E-state index in [1.165, 1.54) is 11.3 Å². The average Bonchev–Trinajstić information content (AvgIpc) is 3.11. The molecule has 0 saturated carbocycles. The fourth-order valence-electron chi connectivity index (χ4n) is 1.95. The number of amides is 1. The Hall–Kier alpha value is -1.90. The number of thiophene rings is 1. The summed E-state index contributed by atoms with van der Waals surface area (Å²) < 4.78 is 41.6. The number of carbonyl (C=O) groups excluding carboxylic acids is 1. The van der Waals surface area contributed by atoms with E-state index in [0.29, 0.717) is 17.8 Å². The maximum atomic E-state index is 12.5. The zero-order valence-electron chi connectivity index (χ0n) is 12.8. The minimum absolute atomic E-state index is 0.0221. The molecule has 0 aromatic carbocycles. The molecule has 0 fully saturated rings. The van der Waals surface area contributed by atoms with Crippen LogP contribution in [0.5, 0.6) is 0 Å². The average molecular weight is 347 g/mol. The van der Waals surface area contributed by atoms with Crippen LogP contribution < -0.4 is 0 Å². The molecule has 5 nitrogen and oxygen atoms in total. The Bertz CT molecular complexity index is 679. The highest BCUT2D eigenvalue weighted by Gasteiger charge is 2.38. The monoisotopic (exact) mass is 347 g/mol. The lowest BCUT2D eigenvalue weighted by molar-refractivity contribution is -0.159. The minimum atomic E-state index is -4.66. The number of nitrogens with zero attached hydrogens (tertiary/aromatic N) is 3. The summed E-state index contributed by atoms with van der Waals surface area (Å²) in [6, 6.07) is 3.41. The predicted molar refractivity (Wildman–Crippen MR) is 78.6 cm³/mol. The van der Waals surface area contributed by atoms with Crippen molar-refractivity contribution in [2.45, 2.75) is 46.0 Å². The van der Waals surface area contributed by atoms with Gasteiger partial charge in [-0.3, -0.25) is 4.79 Å². The Morgan fingerprint density at radius 1 is 1.39 bits per heavy atom. The van der Waals surface area contributed by atoms with Crippen LogP contribution in [0.1, 0.15) is 38.0 Å². The largest absolute Gasteiger partial charge is 0.471 e. The number of hydrogen-bond acceptors (Lipinski definition) is 5. The van der Waals surface area contributed by atoms with Crippen molar-refractivity contribution in [2.75, 3.05) is 0 Å². The van der Waals surface area contributed by atoms with Crippen LogP contribution in [0.3, 0.4) is 0 Å². The summed E-state index contributed by atoms with van der Waals surface area (Å²) in [5.41, 5.74) is 0. The molecule has 2 aromatic rings. The zero-order chi connectivity index (χ0) is 17.2. The molecule has 2 rings (SSSR count). The number of hydrogen-bond donors (Lipinski definition) is 0. The van der Waals surface area contributed by atoms with Gasteiger partial charge in [0.05, 0.1) is 11.4 Å². The van der Waals surface area contributed by atoms with Crippen LogP contribution in [0.4, 0.5) is 13.2 Å². The number of carbonyl (C=O) groups is 1. The van der Waals surface area contributed by atoms with E-state index in [1.54, 1.807) is 24.0 Å². The van der Waals surface area contributed by atoms with Gasteiger partial charge in [0.2, 0.25) is 11.7 Å². The van der Waals surface area contributed by atoms with Crippen molar-refractivity contribution in [1.29, 1.82) is 0 Å². The number of halogens is 3. The lowest BCUT2D eigenvalue weighted by atomic mass is 10.2. The van der Waals surface area contributed by atoms with E-state index >= 15 is 0 Å². The third kappa shape index (κ3) is 4.10. The minimum Gasteiger partial charge on any atom is -0.335 e. The van der Waals surface area contributed by atoms with Gasteiger partial charge in [-0.2, -0.15) is 18.2 Å². The third-order valence-electron chi connectivity index (χ3n) is 3.12. The molecule has 0 radical (unpaired) electrons. The van der Waals surface area contributed by atoms with Gasteiger partial charge in [-0.15, -0.1) is 11.3 Å². The molecule has 126 valence electrons. The maximum Gasteiger partial charge on any atom is 0.471 e. The molecule has 0 N–H and O–H groups in total. The van der Waals surface area contributed by atoms with Crippen molar-refractivity contribution in [3.8, 4) is 10.7 Å². The second-order valence-electron chi connectivity index (χ2n) is 5.16. The van der Waals surface area contributed by atoms with Gasteiger partial charge in [-0.1, -0.05) is 12.1 Å². The van der Waals surface area contributed by atoms with Crippen LogP contribution in [-0.2, 0) is 17.5 Å². The van der Waals surface area contributed by atoms with Gasteiger partial charge in [0.1, 0.15) is 0 Å². The van der Waals surface area contributed by atoms with Gasteiger partial charge >= 0.3 is 12.1 Å². The van der Waals surface area contributed by atoms with Crippen LogP contribution >= 0.6 is 11.3 Å². The Morgan fingerprint density at radius 3 is 2.61 bits per heavy atom. The summed E-state index contributed by atoms with van der Waals surface area (Å²) in [4.78, 5) is 18.3. The van der Waals surface area contributed by atoms with Gasteiger partial charge in [0, 0.05) is 17.3 Å². The van der Waals surface area contributed by atoms with Crippen molar-refractivity contribution < 1.29 is 22.5 Å². The Kier molecular flexibility index (Phi) is 5.08. The molecule has 0 atom stereocenters. The highest BCUT2D eigenvalue weighted by Crippen LogP contribution is 2.32. The SMILES string of the molecule is CCC(=O)N(Cc1ccc(-c2noc(C(F)(F)F)n2)s1)C(C)C. The van der Waals surface area contributed by atoms with Crippen molar-refractivity contribution in [3.63, 3.8) is 0 Å². The first-order valence-electron chi connectivity index (χ1n) is 7.01. The van der Waals surface area contributed by atoms with Gasteiger partial charge < -0.3 is 9.42 Å². The molecule has 23 heavy (non-hydrogen) atoms. The molecule has 0 unspecified atom stereocenters. The van der Waals surface area contributed by atoms with E-state index in [1.807, 2.05) is 13.8 Å². The smallest absolute Gasteiger partial charge is 0.335 e. The standard InChI is InChI=1S/C14H16F3N3O2S/c1-4-11(21)20(8(2)3)7-9-5-6-10(23-9)12-18-13(22-19-12)14(15,16)17/h5-6,8H,4,7H2,1-3H3. The topological polar surface area (TPSA) is 59.2 Å². The fraction of sp³-hybridized carbons (Fsp3) is 0.500. The fourth-order valence-corrected chi connectivity index (χ4v) is 2.88. The van der Waals surface area contributed by atoms with E-state index in [2.05, 4.69) is 14.7 Å². The van der Waals surface area contributed by atoms with Crippen LogP contribution in [0.25, 0.3) is 10.7 Å². The molecule has 0 aliphatic rings. The Morgan fingerprint density at radius 2 is 2.09 bits per heavy atom. The molecule has 2 aromatic heterocycles.